The lowest BCUT2D eigenvalue weighted by Crippen LogP contribution is -2.45. The van der Waals surface area contributed by atoms with Gasteiger partial charge in [-0.15, -0.1) is 0 Å². The number of fused-ring (bicyclic) bond motifs is 3. The van der Waals surface area contributed by atoms with Gasteiger partial charge in [-0.3, -0.25) is 9.59 Å². The highest BCUT2D eigenvalue weighted by molar-refractivity contribution is 5.81. The average Bonchev–Trinajstić information content (AvgIpc) is 3.14. The number of aliphatic carboxylic acids is 1. The molecule has 3 N–H and O–H groups in total. The molecule has 0 bridgehead atoms. The number of alkyl carbamates (subject to hydrolysis) is 1. The minimum absolute atomic E-state index is 0.0345. The van der Waals surface area contributed by atoms with Gasteiger partial charge in [0.05, 0.1) is 12.3 Å². The monoisotopic (exact) mass is 480 g/mol. The highest BCUT2D eigenvalue weighted by atomic mass is 16.5. The third-order valence-electron chi connectivity index (χ3n) is 6.63. The van der Waals surface area contributed by atoms with E-state index in [1.54, 1.807) is 0 Å². The second kappa shape index (κ2) is 12.4. The maximum atomic E-state index is 12.9. The molecule has 188 valence electrons. The number of ether oxygens (including phenoxy) is 1. The van der Waals surface area contributed by atoms with E-state index < -0.39 is 24.0 Å². The molecule has 1 unspecified atom stereocenters. The first-order valence-electron chi connectivity index (χ1n) is 12.4. The Morgan fingerprint density at radius 2 is 1.60 bits per heavy atom. The fraction of sp³-hybridized carbons (Fsp3) is 0.464. The number of carbonyl (C=O) groups excluding carboxylic acids is 2. The maximum Gasteiger partial charge on any atom is 0.407 e. The molecule has 0 aliphatic heterocycles. The fourth-order valence-electron chi connectivity index (χ4n) is 4.67. The average molecular weight is 481 g/mol. The molecule has 3 rings (SSSR count). The van der Waals surface area contributed by atoms with Crippen LogP contribution in [0.3, 0.4) is 0 Å². The standard InChI is InChI=1S/C28H36N2O5/c1-4-5-10-19(15-26(31)32)30-27(33)24(18(2)3)16-29-28(34)35-17-25-22-13-8-6-11-20(22)21-12-7-9-14-23(21)25/h6-9,11-14,18-19,24-25H,4-5,10,15-17H2,1-3H3,(H,29,34)(H,30,33)(H,31,32)/t19-,24?/m1/s1. The Kier molecular flexibility index (Phi) is 9.29. The van der Waals surface area contributed by atoms with Crippen molar-refractivity contribution >= 4 is 18.0 Å². The quantitative estimate of drug-likeness (QED) is 0.399. The zero-order valence-electron chi connectivity index (χ0n) is 20.8. The molecule has 0 spiro atoms. The molecule has 7 nitrogen and oxygen atoms in total. The number of nitrogens with one attached hydrogen (secondary N) is 2. The van der Waals surface area contributed by atoms with Crippen LogP contribution in [0.4, 0.5) is 4.79 Å². The number of amides is 2. The summed E-state index contributed by atoms with van der Waals surface area (Å²) < 4.78 is 5.58. The first kappa shape index (κ1) is 26.3. The van der Waals surface area contributed by atoms with Gasteiger partial charge < -0.3 is 20.5 Å². The lowest BCUT2D eigenvalue weighted by atomic mass is 9.94. The minimum Gasteiger partial charge on any atom is -0.481 e. The van der Waals surface area contributed by atoms with Crippen molar-refractivity contribution in [1.82, 2.24) is 10.6 Å². The van der Waals surface area contributed by atoms with Gasteiger partial charge in [0.2, 0.25) is 5.91 Å². The lowest BCUT2D eigenvalue weighted by molar-refractivity contribution is -0.138. The van der Waals surface area contributed by atoms with Crippen LogP contribution in [-0.2, 0) is 14.3 Å². The summed E-state index contributed by atoms with van der Waals surface area (Å²) in [4.78, 5) is 36.6. The highest BCUT2D eigenvalue weighted by Crippen LogP contribution is 2.44. The predicted octanol–water partition coefficient (Wildman–Crippen LogP) is 4.95. The molecule has 2 aromatic rings. The molecule has 2 atom stereocenters. The van der Waals surface area contributed by atoms with Crippen LogP contribution < -0.4 is 10.6 Å². The van der Waals surface area contributed by atoms with Gasteiger partial charge in [-0.25, -0.2) is 4.79 Å². The van der Waals surface area contributed by atoms with E-state index in [0.717, 1.165) is 35.1 Å². The summed E-state index contributed by atoms with van der Waals surface area (Å²) in [6.45, 7) is 6.16. The van der Waals surface area contributed by atoms with E-state index in [1.165, 1.54) is 0 Å². The van der Waals surface area contributed by atoms with Crippen molar-refractivity contribution in [3.05, 3.63) is 59.7 Å². The van der Waals surface area contributed by atoms with Gasteiger partial charge >= 0.3 is 12.1 Å². The largest absolute Gasteiger partial charge is 0.481 e. The van der Waals surface area contributed by atoms with E-state index in [1.807, 2.05) is 45.0 Å². The van der Waals surface area contributed by atoms with Crippen LogP contribution in [0, 0.1) is 11.8 Å². The van der Waals surface area contributed by atoms with Gasteiger partial charge in [0.15, 0.2) is 0 Å². The third-order valence-corrected chi connectivity index (χ3v) is 6.63. The Labute approximate surface area is 207 Å². The molecule has 0 saturated heterocycles. The number of unbranched alkanes of at least 4 members (excludes halogenated alkanes) is 1. The molecule has 7 heteroatoms. The molecule has 0 radical (unpaired) electrons. The van der Waals surface area contributed by atoms with Crippen molar-refractivity contribution in [2.75, 3.05) is 13.2 Å². The van der Waals surface area contributed by atoms with Gasteiger partial charge in [-0.05, 0) is 34.6 Å². The van der Waals surface area contributed by atoms with E-state index in [-0.39, 0.29) is 37.3 Å². The number of benzene rings is 2. The molecule has 0 heterocycles. The molecule has 0 aromatic heterocycles. The number of carbonyl (C=O) groups is 3. The molecule has 1 aliphatic rings. The topological polar surface area (TPSA) is 105 Å². The third kappa shape index (κ3) is 6.84. The van der Waals surface area contributed by atoms with Gasteiger partial charge in [0.25, 0.3) is 0 Å². The Hall–Kier alpha value is -3.35. The van der Waals surface area contributed by atoms with Crippen molar-refractivity contribution in [2.45, 2.75) is 58.4 Å². The molecule has 2 amide bonds. The van der Waals surface area contributed by atoms with Gasteiger partial charge in [-0.1, -0.05) is 82.1 Å². The van der Waals surface area contributed by atoms with Crippen molar-refractivity contribution in [3.8, 4) is 11.1 Å². The van der Waals surface area contributed by atoms with E-state index in [2.05, 4.69) is 34.9 Å². The van der Waals surface area contributed by atoms with Crippen LogP contribution in [-0.4, -0.2) is 42.3 Å². The number of hydrogen-bond acceptors (Lipinski definition) is 4. The van der Waals surface area contributed by atoms with Crippen molar-refractivity contribution in [1.29, 1.82) is 0 Å². The first-order valence-corrected chi connectivity index (χ1v) is 12.4. The summed E-state index contributed by atoms with van der Waals surface area (Å²) in [6, 6.07) is 15.9. The Morgan fingerprint density at radius 1 is 1.00 bits per heavy atom. The summed E-state index contributed by atoms with van der Waals surface area (Å²) >= 11 is 0. The fourth-order valence-corrected chi connectivity index (χ4v) is 4.67. The number of carboxylic acids is 1. The summed E-state index contributed by atoms with van der Waals surface area (Å²) in [5.41, 5.74) is 4.59. The van der Waals surface area contributed by atoms with Crippen LogP contribution in [0.5, 0.6) is 0 Å². The maximum absolute atomic E-state index is 12.9. The van der Waals surface area contributed by atoms with Crippen LogP contribution in [0.25, 0.3) is 11.1 Å². The molecule has 0 saturated carbocycles. The summed E-state index contributed by atoms with van der Waals surface area (Å²) in [6.07, 6.45) is 1.68. The number of carboxylic acid groups (broad SMARTS) is 1. The second-order valence-electron chi connectivity index (χ2n) is 9.50. The zero-order chi connectivity index (χ0) is 25.4. The summed E-state index contributed by atoms with van der Waals surface area (Å²) in [7, 11) is 0. The molecule has 35 heavy (non-hydrogen) atoms. The van der Waals surface area contributed by atoms with Crippen LogP contribution in [0.2, 0.25) is 0 Å². The van der Waals surface area contributed by atoms with Crippen molar-refractivity contribution in [2.24, 2.45) is 11.8 Å². The lowest BCUT2D eigenvalue weighted by Gasteiger charge is -2.24. The summed E-state index contributed by atoms with van der Waals surface area (Å²) in [5, 5.41) is 14.8. The minimum atomic E-state index is -0.940. The number of rotatable bonds is 12. The first-order chi connectivity index (χ1) is 16.8. The SMILES string of the molecule is CCCC[C@H](CC(=O)O)NC(=O)C(CNC(=O)OCC1c2ccccc2-c2ccccc21)C(C)C. The number of hydrogen-bond donors (Lipinski definition) is 3. The van der Waals surface area contributed by atoms with Gasteiger partial charge in [0, 0.05) is 18.5 Å². The molecule has 2 aromatic carbocycles. The van der Waals surface area contributed by atoms with E-state index in [4.69, 9.17) is 9.84 Å². The molecule has 0 fully saturated rings. The van der Waals surface area contributed by atoms with Gasteiger partial charge in [0.1, 0.15) is 6.61 Å². The zero-order valence-corrected chi connectivity index (χ0v) is 20.8. The van der Waals surface area contributed by atoms with Gasteiger partial charge in [-0.2, -0.15) is 0 Å². The van der Waals surface area contributed by atoms with Crippen LogP contribution >= 0.6 is 0 Å². The molecule has 1 aliphatic carbocycles. The summed E-state index contributed by atoms with van der Waals surface area (Å²) in [5.74, 6) is -1.76. The Bertz CT molecular complexity index is 990. The van der Waals surface area contributed by atoms with E-state index >= 15 is 0 Å². The van der Waals surface area contributed by atoms with Crippen molar-refractivity contribution in [3.63, 3.8) is 0 Å². The van der Waals surface area contributed by atoms with Crippen LogP contribution in [0.15, 0.2) is 48.5 Å². The van der Waals surface area contributed by atoms with Crippen molar-refractivity contribution < 1.29 is 24.2 Å². The molecular weight excluding hydrogens is 444 g/mol. The van der Waals surface area contributed by atoms with E-state index in [9.17, 15) is 14.4 Å². The van der Waals surface area contributed by atoms with Crippen LogP contribution in [0.1, 0.15) is 63.5 Å². The Morgan fingerprint density at radius 3 is 2.14 bits per heavy atom. The normalized spacial score (nSPS) is 14.1. The second-order valence-corrected chi connectivity index (χ2v) is 9.50. The molecular formula is C28H36N2O5. The Balaban J connectivity index is 1.56. The smallest absolute Gasteiger partial charge is 0.407 e. The van der Waals surface area contributed by atoms with E-state index in [0.29, 0.717) is 6.42 Å². The predicted molar refractivity (Wildman–Crippen MR) is 135 cm³/mol. The highest BCUT2D eigenvalue weighted by Gasteiger charge is 2.30.